The Hall–Kier alpha value is -3.05. The fourth-order valence-electron chi connectivity index (χ4n) is 3.69. The molecule has 0 fully saturated rings. The van der Waals surface area contributed by atoms with Crippen molar-refractivity contribution in [2.24, 2.45) is 0 Å². The molecule has 4 aromatic rings. The average molecular weight is 578 g/mol. The lowest BCUT2D eigenvalue weighted by atomic mass is 10.2. The number of aryl methyl sites for hydroxylation is 2. The van der Waals surface area contributed by atoms with Crippen molar-refractivity contribution in [3.8, 4) is 0 Å². The number of imidazole rings is 1. The standard InChI is InChI=1S/C25H21Cl2N3O5S2/c1-14-8-15(2)10-18(9-14)37(33,34)30-22-12-17(26)5-7-21(22)29-25(30)36-13-23(31)28-20-6-4-16(11-19(20)27)24(32)35-3/h4-12H,13H2,1-3H3,(H,28,31). The van der Waals surface area contributed by atoms with Crippen LogP contribution in [-0.2, 0) is 19.6 Å². The van der Waals surface area contributed by atoms with E-state index in [4.69, 9.17) is 23.2 Å². The van der Waals surface area contributed by atoms with Gasteiger partial charge in [-0.15, -0.1) is 0 Å². The number of aromatic nitrogens is 2. The Morgan fingerprint density at radius 1 is 1.03 bits per heavy atom. The van der Waals surface area contributed by atoms with E-state index in [2.05, 4.69) is 15.0 Å². The lowest BCUT2D eigenvalue weighted by Gasteiger charge is -2.12. The van der Waals surface area contributed by atoms with Crippen LogP contribution in [0.15, 0.2) is 64.6 Å². The molecule has 0 unspecified atom stereocenters. The van der Waals surface area contributed by atoms with Gasteiger partial charge in [0.05, 0.1) is 45.1 Å². The number of ether oxygens (including phenoxy) is 1. The van der Waals surface area contributed by atoms with Crippen molar-refractivity contribution < 1.29 is 22.7 Å². The van der Waals surface area contributed by atoms with Crippen LogP contribution in [0.5, 0.6) is 0 Å². The minimum Gasteiger partial charge on any atom is -0.465 e. The van der Waals surface area contributed by atoms with E-state index in [1.807, 2.05) is 19.9 Å². The number of thioether (sulfide) groups is 1. The van der Waals surface area contributed by atoms with Gasteiger partial charge in [-0.3, -0.25) is 4.79 Å². The summed E-state index contributed by atoms with van der Waals surface area (Å²) in [4.78, 5) is 28.9. The number of nitrogens with one attached hydrogen (secondary N) is 1. The largest absolute Gasteiger partial charge is 0.465 e. The second-order valence-electron chi connectivity index (χ2n) is 8.14. The van der Waals surface area contributed by atoms with E-state index in [1.165, 1.54) is 31.4 Å². The minimum absolute atomic E-state index is 0.105. The minimum atomic E-state index is -4.07. The van der Waals surface area contributed by atoms with Crippen LogP contribution in [0.2, 0.25) is 10.0 Å². The third-order valence-corrected chi connectivity index (χ3v) is 8.56. The molecule has 12 heteroatoms. The number of benzene rings is 3. The molecule has 0 bridgehead atoms. The van der Waals surface area contributed by atoms with Crippen LogP contribution in [-0.4, -0.2) is 42.1 Å². The van der Waals surface area contributed by atoms with E-state index in [-0.39, 0.29) is 26.4 Å². The Balaban J connectivity index is 1.65. The van der Waals surface area contributed by atoms with Crippen LogP contribution in [0, 0.1) is 13.8 Å². The van der Waals surface area contributed by atoms with Crippen molar-refractivity contribution in [1.82, 2.24) is 8.96 Å². The van der Waals surface area contributed by atoms with Gasteiger partial charge in [-0.1, -0.05) is 41.0 Å². The monoisotopic (exact) mass is 577 g/mol. The summed E-state index contributed by atoms with van der Waals surface area (Å²) < 4.78 is 33.3. The molecule has 0 aliphatic carbocycles. The summed E-state index contributed by atoms with van der Waals surface area (Å²) in [5.41, 5.74) is 2.85. The van der Waals surface area contributed by atoms with Gasteiger partial charge in [0.2, 0.25) is 5.91 Å². The molecule has 192 valence electrons. The number of halogens is 2. The molecule has 0 aliphatic rings. The number of anilines is 1. The average Bonchev–Trinajstić information content (AvgIpc) is 3.21. The number of carbonyl (C=O) groups is 2. The van der Waals surface area contributed by atoms with Crippen molar-refractivity contribution in [2.75, 3.05) is 18.2 Å². The predicted molar refractivity (Wildman–Crippen MR) is 145 cm³/mol. The maximum atomic E-state index is 13.7. The van der Waals surface area contributed by atoms with Crippen molar-refractivity contribution in [3.63, 3.8) is 0 Å². The number of carbonyl (C=O) groups excluding carboxylic acids is 2. The zero-order chi connectivity index (χ0) is 26.9. The highest BCUT2D eigenvalue weighted by atomic mass is 35.5. The van der Waals surface area contributed by atoms with E-state index in [0.29, 0.717) is 21.7 Å². The summed E-state index contributed by atoms with van der Waals surface area (Å²) in [5.74, 6) is -1.16. The topological polar surface area (TPSA) is 107 Å². The summed E-state index contributed by atoms with van der Waals surface area (Å²) in [7, 11) is -2.81. The molecule has 0 radical (unpaired) electrons. The molecule has 0 spiro atoms. The molecule has 8 nitrogen and oxygen atoms in total. The highest BCUT2D eigenvalue weighted by Crippen LogP contribution is 2.31. The summed E-state index contributed by atoms with van der Waals surface area (Å²) in [5, 5.41) is 3.27. The van der Waals surface area contributed by atoms with Gasteiger partial charge in [-0.05, 0) is 73.5 Å². The van der Waals surface area contributed by atoms with Gasteiger partial charge in [-0.2, -0.15) is 0 Å². The third-order valence-electron chi connectivity index (χ3n) is 5.28. The molecular weight excluding hydrogens is 557 g/mol. The van der Waals surface area contributed by atoms with Crippen LogP contribution < -0.4 is 5.32 Å². The SMILES string of the molecule is COC(=O)c1ccc(NC(=O)CSc2nc3ccc(Cl)cc3n2S(=O)(=O)c2cc(C)cc(C)c2)c(Cl)c1. The van der Waals surface area contributed by atoms with E-state index in [0.717, 1.165) is 26.9 Å². The number of nitrogens with zero attached hydrogens (tertiary/aromatic N) is 2. The Bertz CT molecular complexity index is 1630. The van der Waals surface area contributed by atoms with Gasteiger partial charge in [0.25, 0.3) is 10.0 Å². The van der Waals surface area contributed by atoms with Crippen molar-refractivity contribution in [3.05, 3.63) is 81.3 Å². The van der Waals surface area contributed by atoms with Crippen LogP contribution in [0.3, 0.4) is 0 Å². The number of rotatable bonds is 7. The number of hydrogen-bond donors (Lipinski definition) is 1. The normalized spacial score (nSPS) is 11.5. The highest BCUT2D eigenvalue weighted by molar-refractivity contribution is 8.00. The van der Waals surface area contributed by atoms with Crippen LogP contribution in [0.4, 0.5) is 5.69 Å². The van der Waals surface area contributed by atoms with E-state index >= 15 is 0 Å². The first-order chi connectivity index (χ1) is 17.5. The van der Waals surface area contributed by atoms with Gasteiger partial charge < -0.3 is 10.1 Å². The first kappa shape index (κ1) is 27.0. The lowest BCUT2D eigenvalue weighted by molar-refractivity contribution is -0.113. The van der Waals surface area contributed by atoms with E-state index in [9.17, 15) is 18.0 Å². The Labute approximate surface area is 228 Å². The highest BCUT2D eigenvalue weighted by Gasteiger charge is 2.26. The molecule has 4 rings (SSSR count). The molecule has 0 saturated heterocycles. The van der Waals surface area contributed by atoms with E-state index in [1.54, 1.807) is 24.3 Å². The van der Waals surface area contributed by atoms with Crippen molar-refractivity contribution in [1.29, 1.82) is 0 Å². The Kier molecular flexibility index (Phi) is 7.84. The predicted octanol–water partition coefficient (Wildman–Crippen LogP) is 5.71. The molecule has 1 heterocycles. The fraction of sp³-hybridized carbons (Fsp3) is 0.160. The number of amides is 1. The second-order valence-corrected chi connectivity index (χ2v) is 11.7. The van der Waals surface area contributed by atoms with Crippen LogP contribution in [0.1, 0.15) is 21.5 Å². The summed E-state index contributed by atoms with van der Waals surface area (Å²) >= 11 is 13.3. The third kappa shape index (κ3) is 5.77. The molecule has 1 N–H and O–H groups in total. The van der Waals surface area contributed by atoms with Gasteiger partial charge in [0.1, 0.15) is 0 Å². The molecule has 0 saturated carbocycles. The van der Waals surface area contributed by atoms with Gasteiger partial charge >= 0.3 is 5.97 Å². The molecule has 0 aliphatic heterocycles. The maximum absolute atomic E-state index is 13.7. The molecule has 0 atom stereocenters. The van der Waals surface area contributed by atoms with Gasteiger partial charge in [0.15, 0.2) is 5.16 Å². The zero-order valence-electron chi connectivity index (χ0n) is 19.9. The maximum Gasteiger partial charge on any atom is 0.337 e. The first-order valence-corrected chi connectivity index (χ1v) is 14.0. The van der Waals surface area contributed by atoms with Gasteiger partial charge in [0, 0.05) is 5.02 Å². The number of esters is 1. The molecule has 1 aromatic heterocycles. The summed E-state index contributed by atoms with van der Waals surface area (Å²) in [6, 6.07) is 14.2. The van der Waals surface area contributed by atoms with Crippen molar-refractivity contribution in [2.45, 2.75) is 23.9 Å². The molecule has 3 aromatic carbocycles. The van der Waals surface area contributed by atoms with E-state index < -0.39 is 21.9 Å². The second kappa shape index (κ2) is 10.7. The number of fused-ring (bicyclic) bond motifs is 1. The van der Waals surface area contributed by atoms with Crippen LogP contribution >= 0.6 is 35.0 Å². The molecule has 1 amide bonds. The molecule has 37 heavy (non-hydrogen) atoms. The summed E-state index contributed by atoms with van der Waals surface area (Å²) in [6.07, 6.45) is 0. The Morgan fingerprint density at radius 2 is 1.73 bits per heavy atom. The fourth-order valence-corrected chi connectivity index (χ4v) is 6.78. The Morgan fingerprint density at radius 3 is 2.38 bits per heavy atom. The zero-order valence-corrected chi connectivity index (χ0v) is 23.1. The smallest absolute Gasteiger partial charge is 0.337 e. The van der Waals surface area contributed by atoms with Crippen LogP contribution in [0.25, 0.3) is 11.0 Å². The number of methoxy groups -OCH3 is 1. The number of hydrogen-bond acceptors (Lipinski definition) is 7. The van der Waals surface area contributed by atoms with Crippen molar-refractivity contribution >= 4 is 73.6 Å². The quantitative estimate of drug-likeness (QED) is 0.221. The summed E-state index contributed by atoms with van der Waals surface area (Å²) in [6.45, 7) is 3.63. The molecular formula is C25H21Cl2N3O5S2. The first-order valence-electron chi connectivity index (χ1n) is 10.8. The van der Waals surface area contributed by atoms with Gasteiger partial charge in [-0.25, -0.2) is 22.2 Å². The lowest BCUT2D eigenvalue weighted by Crippen LogP contribution is -2.17.